The Morgan fingerprint density at radius 2 is 2.17 bits per heavy atom. The fourth-order valence-corrected chi connectivity index (χ4v) is 3.41. The third-order valence-electron chi connectivity index (χ3n) is 4.89. The average molecular weight is 395 g/mol. The average Bonchev–Trinajstić information content (AvgIpc) is 3.24. The zero-order valence-corrected chi connectivity index (χ0v) is 16.4. The van der Waals surface area contributed by atoms with Crippen LogP contribution in [0.5, 0.6) is 5.88 Å². The van der Waals surface area contributed by atoms with Crippen molar-refractivity contribution in [2.75, 3.05) is 19.0 Å². The highest BCUT2D eigenvalue weighted by Gasteiger charge is 2.25. The first-order valence-corrected chi connectivity index (χ1v) is 9.20. The molecule has 0 unspecified atom stereocenters. The number of fused-ring (bicyclic) bond motifs is 1. The molecule has 150 valence electrons. The number of ether oxygens (including phenoxy) is 2. The standard InChI is InChI=1S/C20H21N5O4/c1-11-18(12(2)25(24-11)10-13-9-21-20(27)29-13)23-19(26)15-8-17(28-3)22-16-7-5-4-6-14(15)16/h4-8,13H,9-10H2,1-3H3,(H,21,27)(H,23,26)/t13-/m1/s1. The topological polar surface area (TPSA) is 107 Å². The number of methoxy groups -OCH3 is 1. The van der Waals surface area contributed by atoms with Crippen molar-refractivity contribution in [3.05, 3.63) is 47.3 Å². The molecule has 1 aromatic carbocycles. The molecule has 1 atom stereocenters. The molecule has 2 amide bonds. The van der Waals surface area contributed by atoms with Crippen molar-refractivity contribution in [2.24, 2.45) is 0 Å². The third-order valence-corrected chi connectivity index (χ3v) is 4.89. The molecule has 1 fully saturated rings. The van der Waals surface area contributed by atoms with E-state index in [-0.39, 0.29) is 12.0 Å². The van der Waals surface area contributed by atoms with Crippen LogP contribution in [-0.4, -0.2) is 46.5 Å². The molecule has 9 nitrogen and oxygen atoms in total. The first-order chi connectivity index (χ1) is 14.0. The second-order valence-electron chi connectivity index (χ2n) is 6.82. The van der Waals surface area contributed by atoms with Crippen LogP contribution in [0.15, 0.2) is 30.3 Å². The van der Waals surface area contributed by atoms with Gasteiger partial charge in [-0.05, 0) is 19.9 Å². The Labute approximate surface area is 167 Å². The van der Waals surface area contributed by atoms with Gasteiger partial charge in [0.2, 0.25) is 5.88 Å². The smallest absolute Gasteiger partial charge is 0.407 e. The molecular formula is C20H21N5O4. The van der Waals surface area contributed by atoms with Crippen LogP contribution in [0.3, 0.4) is 0 Å². The van der Waals surface area contributed by atoms with E-state index in [0.717, 1.165) is 11.1 Å². The minimum absolute atomic E-state index is 0.276. The van der Waals surface area contributed by atoms with Crippen LogP contribution in [0.2, 0.25) is 0 Å². The fraction of sp³-hybridized carbons (Fsp3) is 0.300. The van der Waals surface area contributed by atoms with Crippen molar-refractivity contribution in [2.45, 2.75) is 26.5 Å². The Morgan fingerprint density at radius 3 is 2.90 bits per heavy atom. The number of hydrogen-bond donors (Lipinski definition) is 2. The molecule has 3 aromatic rings. The molecule has 0 radical (unpaired) electrons. The fourth-order valence-electron chi connectivity index (χ4n) is 3.41. The van der Waals surface area contributed by atoms with E-state index in [4.69, 9.17) is 9.47 Å². The summed E-state index contributed by atoms with van der Waals surface area (Å²) in [6.07, 6.45) is -0.721. The molecule has 4 rings (SSSR count). The number of alkyl carbamates (subject to hydrolysis) is 1. The van der Waals surface area contributed by atoms with Gasteiger partial charge in [-0.15, -0.1) is 0 Å². The summed E-state index contributed by atoms with van der Waals surface area (Å²) in [5.74, 6) is 0.0927. The van der Waals surface area contributed by atoms with E-state index >= 15 is 0 Å². The Kier molecular flexibility index (Phi) is 4.79. The predicted molar refractivity (Wildman–Crippen MR) is 106 cm³/mol. The third kappa shape index (κ3) is 3.58. The molecule has 3 heterocycles. The van der Waals surface area contributed by atoms with Crippen LogP contribution in [0.25, 0.3) is 10.9 Å². The number of nitrogens with one attached hydrogen (secondary N) is 2. The van der Waals surface area contributed by atoms with E-state index in [9.17, 15) is 9.59 Å². The van der Waals surface area contributed by atoms with Gasteiger partial charge in [-0.1, -0.05) is 18.2 Å². The summed E-state index contributed by atoms with van der Waals surface area (Å²) in [5.41, 5.74) is 3.24. The summed E-state index contributed by atoms with van der Waals surface area (Å²) in [5, 5.41) is 10.8. The van der Waals surface area contributed by atoms with Crippen LogP contribution >= 0.6 is 0 Å². The van der Waals surface area contributed by atoms with Gasteiger partial charge in [0.25, 0.3) is 5.91 Å². The molecule has 1 aliphatic heterocycles. The monoisotopic (exact) mass is 395 g/mol. The summed E-state index contributed by atoms with van der Waals surface area (Å²) in [4.78, 5) is 28.7. The highest BCUT2D eigenvalue weighted by molar-refractivity contribution is 6.13. The van der Waals surface area contributed by atoms with E-state index in [1.807, 2.05) is 38.1 Å². The minimum Gasteiger partial charge on any atom is -0.481 e. The molecule has 0 bridgehead atoms. The molecule has 2 aromatic heterocycles. The van der Waals surface area contributed by atoms with Crippen molar-refractivity contribution in [3.8, 4) is 5.88 Å². The molecule has 0 aliphatic carbocycles. The molecule has 1 saturated heterocycles. The van der Waals surface area contributed by atoms with Gasteiger partial charge >= 0.3 is 6.09 Å². The highest BCUT2D eigenvalue weighted by Crippen LogP contribution is 2.25. The van der Waals surface area contributed by atoms with Crippen LogP contribution in [-0.2, 0) is 11.3 Å². The summed E-state index contributed by atoms with van der Waals surface area (Å²) in [7, 11) is 1.52. The number of nitrogens with zero attached hydrogens (tertiary/aromatic N) is 3. The lowest BCUT2D eigenvalue weighted by atomic mass is 10.1. The maximum absolute atomic E-state index is 13.1. The van der Waals surface area contributed by atoms with Gasteiger partial charge in [-0.25, -0.2) is 9.78 Å². The number of carbonyl (C=O) groups excluding carboxylic acids is 2. The minimum atomic E-state index is -0.427. The quantitative estimate of drug-likeness (QED) is 0.687. The van der Waals surface area contributed by atoms with Gasteiger partial charge in [0, 0.05) is 11.5 Å². The maximum Gasteiger partial charge on any atom is 0.407 e. The van der Waals surface area contributed by atoms with E-state index in [1.54, 1.807) is 10.7 Å². The summed E-state index contributed by atoms with van der Waals surface area (Å²) < 4.78 is 12.2. The van der Waals surface area contributed by atoms with E-state index in [1.165, 1.54) is 7.11 Å². The molecule has 0 spiro atoms. The Balaban J connectivity index is 1.62. The number of amides is 2. The van der Waals surface area contributed by atoms with Crippen molar-refractivity contribution >= 4 is 28.6 Å². The molecule has 0 saturated carbocycles. The van der Waals surface area contributed by atoms with Crippen molar-refractivity contribution in [3.63, 3.8) is 0 Å². The summed E-state index contributed by atoms with van der Waals surface area (Å²) >= 11 is 0. The van der Waals surface area contributed by atoms with E-state index in [2.05, 4.69) is 20.7 Å². The number of hydrogen-bond acceptors (Lipinski definition) is 6. The predicted octanol–water partition coefficient (Wildman–Crippen LogP) is 2.42. The first kappa shape index (κ1) is 18.7. The molecule has 29 heavy (non-hydrogen) atoms. The number of benzene rings is 1. The number of para-hydroxylation sites is 1. The normalized spacial score (nSPS) is 15.8. The summed E-state index contributed by atoms with van der Waals surface area (Å²) in [6.45, 7) is 4.53. The van der Waals surface area contributed by atoms with Gasteiger partial charge in [0.15, 0.2) is 0 Å². The zero-order chi connectivity index (χ0) is 20.5. The van der Waals surface area contributed by atoms with Crippen LogP contribution in [0.4, 0.5) is 10.5 Å². The lowest BCUT2D eigenvalue weighted by Gasteiger charge is -2.11. The molecular weight excluding hydrogens is 374 g/mol. The highest BCUT2D eigenvalue weighted by atomic mass is 16.6. The van der Waals surface area contributed by atoms with Crippen molar-refractivity contribution < 1.29 is 19.1 Å². The van der Waals surface area contributed by atoms with Crippen LogP contribution < -0.4 is 15.4 Å². The number of cyclic esters (lactones) is 1. The van der Waals surface area contributed by atoms with Crippen molar-refractivity contribution in [1.29, 1.82) is 0 Å². The Hall–Kier alpha value is -3.62. The Morgan fingerprint density at radius 1 is 1.38 bits per heavy atom. The number of aromatic nitrogens is 3. The number of aryl methyl sites for hydroxylation is 1. The number of rotatable bonds is 5. The van der Waals surface area contributed by atoms with Gasteiger partial charge in [0.1, 0.15) is 6.10 Å². The SMILES string of the molecule is COc1cc(C(=O)Nc2c(C)nn(C[C@H]3CNC(=O)O3)c2C)c2ccccc2n1. The second-order valence-corrected chi connectivity index (χ2v) is 6.82. The van der Waals surface area contributed by atoms with E-state index in [0.29, 0.717) is 41.4 Å². The number of anilines is 1. The van der Waals surface area contributed by atoms with Gasteiger partial charge < -0.3 is 20.1 Å². The lowest BCUT2D eigenvalue weighted by molar-refractivity contribution is 0.102. The number of carbonyl (C=O) groups is 2. The first-order valence-electron chi connectivity index (χ1n) is 9.20. The molecule has 2 N–H and O–H groups in total. The van der Waals surface area contributed by atoms with Gasteiger partial charge in [-0.2, -0.15) is 5.10 Å². The van der Waals surface area contributed by atoms with Crippen LogP contribution in [0, 0.1) is 13.8 Å². The lowest BCUT2D eigenvalue weighted by Crippen LogP contribution is -2.22. The van der Waals surface area contributed by atoms with Crippen LogP contribution in [0.1, 0.15) is 21.7 Å². The van der Waals surface area contributed by atoms with E-state index < -0.39 is 6.09 Å². The molecule has 9 heteroatoms. The maximum atomic E-state index is 13.1. The number of pyridine rings is 1. The zero-order valence-electron chi connectivity index (χ0n) is 16.4. The second kappa shape index (κ2) is 7.42. The van der Waals surface area contributed by atoms with Gasteiger partial charge in [0.05, 0.1) is 48.4 Å². The largest absolute Gasteiger partial charge is 0.481 e. The summed E-state index contributed by atoms with van der Waals surface area (Å²) in [6, 6.07) is 9.02. The van der Waals surface area contributed by atoms with Crippen molar-refractivity contribution in [1.82, 2.24) is 20.1 Å². The Bertz CT molecular complexity index is 1110. The molecule has 1 aliphatic rings. The van der Waals surface area contributed by atoms with Gasteiger partial charge in [-0.3, -0.25) is 9.48 Å².